The minimum Gasteiger partial charge on any atom is -0.468 e. The Morgan fingerprint density at radius 3 is 2.25 bits per heavy atom. The molecule has 1 amide bonds. The molecule has 3 rings (SSSR count). The molecule has 13 heteroatoms. The molecule has 0 spiro atoms. The topological polar surface area (TPSA) is 116 Å². The van der Waals surface area contributed by atoms with Crippen LogP contribution in [0.15, 0.2) is 52.4 Å². The molecule has 2 aromatic carbocycles. The van der Waals surface area contributed by atoms with Crippen LogP contribution in [-0.2, 0) is 35.6 Å². The Bertz CT molecular complexity index is 1390. The Labute approximate surface area is 217 Å². The normalized spacial score (nSPS) is 12.4. The van der Waals surface area contributed by atoms with Gasteiger partial charge in [-0.2, -0.15) is 9.30 Å². The highest BCUT2D eigenvalue weighted by Crippen LogP contribution is 2.22. The van der Waals surface area contributed by atoms with Gasteiger partial charge in [0.25, 0.3) is 5.91 Å². The Kier molecular flexibility index (Phi) is 9.77. The summed E-state index contributed by atoms with van der Waals surface area (Å²) in [6.07, 6.45) is 0. The van der Waals surface area contributed by atoms with E-state index in [2.05, 4.69) is 4.99 Å². The second kappa shape index (κ2) is 12.6. The molecule has 0 aliphatic rings. The van der Waals surface area contributed by atoms with E-state index in [0.29, 0.717) is 10.5 Å². The molecule has 10 nitrogen and oxygen atoms in total. The van der Waals surface area contributed by atoms with Crippen LogP contribution in [0.3, 0.4) is 0 Å². The number of benzene rings is 2. The van der Waals surface area contributed by atoms with Gasteiger partial charge in [0.2, 0.25) is 10.0 Å². The van der Waals surface area contributed by atoms with Crippen molar-refractivity contribution < 1.29 is 32.2 Å². The molecular formula is C23H26ClN3O7S2. The second-order valence-corrected chi connectivity index (χ2v) is 10.9. The largest absolute Gasteiger partial charge is 0.468 e. The van der Waals surface area contributed by atoms with Crippen molar-refractivity contribution in [1.29, 1.82) is 0 Å². The summed E-state index contributed by atoms with van der Waals surface area (Å²) in [7, 11) is 0.432. The number of fused-ring (bicyclic) bond motifs is 1. The van der Waals surface area contributed by atoms with Gasteiger partial charge in [0.15, 0.2) is 4.80 Å². The van der Waals surface area contributed by atoms with Gasteiger partial charge >= 0.3 is 5.97 Å². The lowest BCUT2D eigenvalue weighted by Gasteiger charge is -2.21. The first kappa shape index (κ1) is 28.0. The van der Waals surface area contributed by atoms with Gasteiger partial charge in [-0.25, -0.2) is 8.42 Å². The van der Waals surface area contributed by atoms with Gasteiger partial charge in [-0.15, -0.1) is 0 Å². The lowest BCUT2D eigenvalue weighted by atomic mass is 10.2. The molecule has 1 heterocycles. The third-order valence-corrected chi connectivity index (χ3v) is 8.37. The van der Waals surface area contributed by atoms with Crippen molar-refractivity contribution in [2.24, 2.45) is 4.99 Å². The van der Waals surface area contributed by atoms with Crippen LogP contribution in [-0.4, -0.2) is 76.8 Å². The molecule has 3 aromatic rings. The lowest BCUT2D eigenvalue weighted by molar-refractivity contribution is -0.141. The van der Waals surface area contributed by atoms with E-state index in [-0.39, 0.29) is 48.1 Å². The molecule has 0 fully saturated rings. The fourth-order valence-corrected chi connectivity index (χ4v) is 6.00. The van der Waals surface area contributed by atoms with E-state index < -0.39 is 21.9 Å². The predicted octanol–water partition coefficient (Wildman–Crippen LogP) is 2.55. The van der Waals surface area contributed by atoms with E-state index in [1.54, 1.807) is 22.8 Å². The molecule has 0 N–H and O–H groups in total. The maximum absolute atomic E-state index is 13.1. The maximum Gasteiger partial charge on any atom is 0.325 e. The number of aromatic nitrogens is 1. The number of ether oxygens (including phenoxy) is 3. The smallest absolute Gasteiger partial charge is 0.325 e. The summed E-state index contributed by atoms with van der Waals surface area (Å²) < 4.78 is 44.5. The van der Waals surface area contributed by atoms with Gasteiger partial charge in [0.1, 0.15) is 6.54 Å². The fraction of sp³-hybridized carbons (Fsp3) is 0.348. The first-order valence-electron chi connectivity index (χ1n) is 10.7. The zero-order valence-electron chi connectivity index (χ0n) is 20.0. The van der Waals surface area contributed by atoms with Crippen molar-refractivity contribution in [3.8, 4) is 0 Å². The van der Waals surface area contributed by atoms with Crippen molar-refractivity contribution in [1.82, 2.24) is 8.87 Å². The van der Waals surface area contributed by atoms with Gasteiger partial charge in [-0.1, -0.05) is 22.9 Å². The van der Waals surface area contributed by atoms with E-state index in [1.807, 2.05) is 0 Å². The monoisotopic (exact) mass is 555 g/mol. The number of hydrogen-bond donors (Lipinski definition) is 0. The van der Waals surface area contributed by atoms with Crippen LogP contribution in [0.4, 0.5) is 0 Å². The van der Waals surface area contributed by atoms with Gasteiger partial charge in [-0.3, -0.25) is 9.59 Å². The molecule has 0 saturated carbocycles. The fourth-order valence-electron chi connectivity index (χ4n) is 3.29. The average Bonchev–Trinajstić information content (AvgIpc) is 3.19. The highest BCUT2D eigenvalue weighted by Gasteiger charge is 2.24. The highest BCUT2D eigenvalue weighted by molar-refractivity contribution is 7.89. The molecule has 0 bridgehead atoms. The summed E-state index contributed by atoms with van der Waals surface area (Å²) in [5.74, 6) is -1.09. The number of carbonyl (C=O) groups is 2. The van der Waals surface area contributed by atoms with Crippen molar-refractivity contribution in [2.75, 3.05) is 47.6 Å². The Hall–Kier alpha value is -2.61. The number of esters is 1. The Morgan fingerprint density at radius 1 is 1.03 bits per heavy atom. The standard InChI is InChI=1S/C23H26ClN3O7S2/c1-32-12-10-26(11-13-33-2)36(30,31)18-7-4-16(5-8-18)22(29)25-23-27(15-21(28)34-3)19-9-6-17(24)14-20(19)35-23/h4-9,14H,10-13,15H2,1-3H3. The zero-order valence-corrected chi connectivity index (χ0v) is 22.4. The van der Waals surface area contributed by atoms with Crippen molar-refractivity contribution in [2.45, 2.75) is 11.4 Å². The molecule has 1 aromatic heterocycles. The molecule has 0 radical (unpaired) electrons. The molecule has 0 aliphatic carbocycles. The van der Waals surface area contributed by atoms with E-state index >= 15 is 0 Å². The Morgan fingerprint density at radius 2 is 1.67 bits per heavy atom. The van der Waals surface area contributed by atoms with Crippen LogP contribution in [0.1, 0.15) is 10.4 Å². The maximum atomic E-state index is 13.1. The van der Waals surface area contributed by atoms with Gasteiger partial charge < -0.3 is 18.8 Å². The quantitative estimate of drug-likeness (QED) is 0.334. The number of rotatable bonds is 11. The van der Waals surface area contributed by atoms with Crippen molar-refractivity contribution in [3.05, 3.63) is 57.9 Å². The number of nitrogens with zero attached hydrogens (tertiary/aromatic N) is 3. The average molecular weight is 556 g/mol. The summed E-state index contributed by atoms with van der Waals surface area (Å²) in [5.41, 5.74) is 0.865. The number of sulfonamides is 1. The van der Waals surface area contributed by atoms with Crippen LogP contribution < -0.4 is 4.80 Å². The predicted molar refractivity (Wildman–Crippen MR) is 136 cm³/mol. The molecule has 194 valence electrons. The molecular weight excluding hydrogens is 530 g/mol. The highest BCUT2D eigenvalue weighted by atomic mass is 35.5. The van der Waals surface area contributed by atoms with Crippen LogP contribution in [0.2, 0.25) is 5.02 Å². The molecule has 0 unspecified atom stereocenters. The van der Waals surface area contributed by atoms with E-state index in [9.17, 15) is 18.0 Å². The summed E-state index contributed by atoms with van der Waals surface area (Å²) in [6.45, 7) is 0.637. The lowest BCUT2D eigenvalue weighted by Crippen LogP contribution is -2.36. The third kappa shape index (κ3) is 6.58. The minimum absolute atomic E-state index is 0.0310. The zero-order chi connectivity index (χ0) is 26.3. The van der Waals surface area contributed by atoms with Gasteiger partial charge in [0, 0.05) is 37.9 Å². The number of halogens is 1. The minimum atomic E-state index is -3.83. The van der Waals surface area contributed by atoms with Crippen LogP contribution in [0.25, 0.3) is 10.2 Å². The SMILES string of the molecule is COCCN(CCOC)S(=O)(=O)c1ccc(C(=O)N=c2sc3cc(Cl)ccc3n2CC(=O)OC)cc1. The first-order chi connectivity index (χ1) is 17.2. The van der Waals surface area contributed by atoms with Crippen LogP contribution in [0.5, 0.6) is 0 Å². The van der Waals surface area contributed by atoms with Gasteiger partial charge in [-0.05, 0) is 42.5 Å². The summed E-state index contributed by atoms with van der Waals surface area (Å²) >= 11 is 7.28. The van der Waals surface area contributed by atoms with Gasteiger partial charge in [0.05, 0.1) is 35.4 Å². The summed E-state index contributed by atoms with van der Waals surface area (Å²) in [6, 6.07) is 10.7. The number of hydrogen-bond acceptors (Lipinski definition) is 8. The molecule has 36 heavy (non-hydrogen) atoms. The first-order valence-corrected chi connectivity index (χ1v) is 13.4. The number of carbonyl (C=O) groups excluding carboxylic acids is 2. The Balaban J connectivity index is 1.93. The van der Waals surface area contributed by atoms with Crippen molar-refractivity contribution in [3.63, 3.8) is 0 Å². The third-order valence-electron chi connectivity index (χ3n) is 5.19. The van der Waals surface area contributed by atoms with E-state index in [0.717, 1.165) is 4.70 Å². The van der Waals surface area contributed by atoms with Crippen LogP contribution in [0, 0.1) is 0 Å². The van der Waals surface area contributed by atoms with Crippen LogP contribution >= 0.6 is 22.9 Å². The number of amides is 1. The second-order valence-electron chi connectivity index (χ2n) is 7.49. The molecule has 0 saturated heterocycles. The molecule has 0 atom stereocenters. The molecule has 0 aliphatic heterocycles. The summed E-state index contributed by atoms with van der Waals surface area (Å²) in [4.78, 5) is 29.4. The number of thiazole rings is 1. The van der Waals surface area contributed by atoms with E-state index in [4.69, 9.17) is 25.8 Å². The van der Waals surface area contributed by atoms with E-state index in [1.165, 1.54) is 61.2 Å². The number of methoxy groups -OCH3 is 3. The summed E-state index contributed by atoms with van der Waals surface area (Å²) in [5, 5.41) is 0.508. The van der Waals surface area contributed by atoms with Crippen molar-refractivity contribution >= 4 is 55.1 Å².